The van der Waals surface area contributed by atoms with Crippen LogP contribution in [0.15, 0.2) is 71.8 Å². The summed E-state index contributed by atoms with van der Waals surface area (Å²) in [7, 11) is 0. The Bertz CT molecular complexity index is 1440. The first-order valence-corrected chi connectivity index (χ1v) is 12.6. The molecule has 35 heavy (non-hydrogen) atoms. The quantitative estimate of drug-likeness (QED) is 0.323. The fourth-order valence-electron chi connectivity index (χ4n) is 4.77. The standard InChI is InChI=1S/C25H23ClN6O2S/c26-23-5-4-22(35-23)21-13-29-24(34-21)15-30-9-10-31(18(14-30)16-33)25(19-3-1-2-7-28-19)32-8-6-17-11-27-12-20(17)32/h1-8,11-13,16,18,25,27H,9-10,14-15H2. The van der Waals surface area contributed by atoms with Gasteiger partial charge in [0.05, 0.1) is 39.2 Å². The zero-order chi connectivity index (χ0) is 23.8. The van der Waals surface area contributed by atoms with E-state index < -0.39 is 0 Å². The number of H-pyrrole nitrogens is 1. The number of oxazole rings is 1. The number of carbonyl (C=O) groups is 1. The van der Waals surface area contributed by atoms with Crippen LogP contribution < -0.4 is 0 Å². The van der Waals surface area contributed by atoms with Crippen LogP contribution in [0.1, 0.15) is 17.8 Å². The van der Waals surface area contributed by atoms with Crippen molar-refractivity contribution in [3.8, 4) is 10.6 Å². The van der Waals surface area contributed by atoms with E-state index >= 15 is 0 Å². The van der Waals surface area contributed by atoms with Crippen LogP contribution >= 0.6 is 22.9 Å². The van der Waals surface area contributed by atoms with Crippen molar-refractivity contribution in [2.45, 2.75) is 18.8 Å². The highest BCUT2D eigenvalue weighted by Gasteiger charge is 2.35. The normalized spacial score (nSPS) is 18.3. The average Bonchev–Trinajstić information content (AvgIpc) is 3.67. The van der Waals surface area contributed by atoms with Crippen molar-refractivity contribution in [3.63, 3.8) is 0 Å². The second-order valence-electron chi connectivity index (χ2n) is 8.55. The monoisotopic (exact) mass is 506 g/mol. The van der Waals surface area contributed by atoms with E-state index in [1.165, 1.54) is 11.3 Å². The van der Waals surface area contributed by atoms with Crippen molar-refractivity contribution in [2.75, 3.05) is 19.6 Å². The Hall–Kier alpha value is -3.24. The van der Waals surface area contributed by atoms with E-state index in [1.54, 1.807) is 12.4 Å². The Kier molecular flexibility index (Phi) is 5.99. The Morgan fingerprint density at radius 2 is 2.14 bits per heavy atom. The first-order chi connectivity index (χ1) is 17.2. The van der Waals surface area contributed by atoms with Gasteiger partial charge in [0.2, 0.25) is 5.89 Å². The number of aromatic amines is 1. The minimum Gasteiger partial charge on any atom is -0.438 e. The highest BCUT2D eigenvalue weighted by Crippen LogP contribution is 2.32. The number of pyridine rings is 1. The van der Waals surface area contributed by atoms with Gasteiger partial charge in [-0.3, -0.25) is 14.8 Å². The number of piperazine rings is 1. The fourth-order valence-corrected chi connectivity index (χ4v) is 5.76. The number of hydrogen-bond donors (Lipinski definition) is 1. The lowest BCUT2D eigenvalue weighted by Crippen LogP contribution is -2.55. The number of halogens is 1. The molecule has 5 aromatic heterocycles. The molecule has 1 aliphatic heterocycles. The number of aldehydes is 1. The van der Waals surface area contributed by atoms with E-state index in [0.29, 0.717) is 35.6 Å². The zero-order valence-corrected chi connectivity index (χ0v) is 20.3. The lowest BCUT2D eigenvalue weighted by molar-refractivity contribution is -0.116. The molecular weight excluding hydrogens is 484 g/mol. The van der Waals surface area contributed by atoms with Crippen LogP contribution in [-0.4, -0.2) is 61.3 Å². The number of carbonyl (C=O) groups excluding carboxylic acids is 1. The van der Waals surface area contributed by atoms with Crippen LogP contribution in [-0.2, 0) is 11.3 Å². The average molecular weight is 507 g/mol. The topological polar surface area (TPSA) is 83.2 Å². The summed E-state index contributed by atoms with van der Waals surface area (Å²) >= 11 is 7.51. The molecular formula is C25H23ClN6O2S. The molecule has 0 bridgehead atoms. The third kappa shape index (κ3) is 4.32. The first kappa shape index (κ1) is 22.2. The molecule has 0 saturated carbocycles. The van der Waals surface area contributed by atoms with Crippen molar-refractivity contribution in [1.82, 2.24) is 29.3 Å². The molecule has 8 nitrogen and oxygen atoms in total. The van der Waals surface area contributed by atoms with Gasteiger partial charge >= 0.3 is 0 Å². The van der Waals surface area contributed by atoms with Gasteiger partial charge in [0.25, 0.3) is 0 Å². The number of fused-ring (bicyclic) bond motifs is 1. The van der Waals surface area contributed by atoms with E-state index in [4.69, 9.17) is 16.0 Å². The number of aromatic nitrogens is 4. The molecule has 5 aromatic rings. The van der Waals surface area contributed by atoms with Gasteiger partial charge < -0.3 is 18.8 Å². The number of nitrogens with one attached hydrogen (secondary N) is 1. The van der Waals surface area contributed by atoms with Crippen LogP contribution in [0.3, 0.4) is 0 Å². The SMILES string of the molecule is O=CC1CN(Cc2ncc(-c3ccc(Cl)s3)o2)CCN1C(c1ccccn1)n1ccc2c[nH]cc21. The van der Waals surface area contributed by atoms with Crippen molar-refractivity contribution >= 4 is 40.1 Å². The molecule has 1 N–H and O–H groups in total. The number of rotatable bonds is 7. The molecule has 0 aromatic carbocycles. The molecule has 1 aliphatic rings. The van der Waals surface area contributed by atoms with Crippen molar-refractivity contribution in [2.24, 2.45) is 0 Å². The number of thiophene rings is 1. The maximum Gasteiger partial charge on any atom is 0.209 e. The van der Waals surface area contributed by atoms with E-state index in [9.17, 15) is 4.79 Å². The van der Waals surface area contributed by atoms with Gasteiger partial charge in [0, 0.05) is 49.8 Å². The summed E-state index contributed by atoms with van der Waals surface area (Å²) in [6.45, 7) is 2.58. The summed E-state index contributed by atoms with van der Waals surface area (Å²) in [6, 6.07) is 11.5. The van der Waals surface area contributed by atoms with Crippen molar-refractivity contribution in [3.05, 3.63) is 83.3 Å². The third-order valence-electron chi connectivity index (χ3n) is 6.41. The maximum atomic E-state index is 12.3. The van der Waals surface area contributed by atoms with Crippen LogP contribution in [0.5, 0.6) is 0 Å². The van der Waals surface area contributed by atoms with Gasteiger partial charge in [-0.15, -0.1) is 11.3 Å². The predicted octanol–water partition coefficient (Wildman–Crippen LogP) is 4.67. The second kappa shape index (κ2) is 9.43. The number of nitrogens with zero attached hydrogens (tertiary/aromatic N) is 5. The summed E-state index contributed by atoms with van der Waals surface area (Å²) in [5.41, 5.74) is 1.98. The molecule has 0 spiro atoms. The summed E-state index contributed by atoms with van der Waals surface area (Å²) in [4.78, 5) is 30.0. The van der Waals surface area contributed by atoms with Crippen LogP contribution in [0.2, 0.25) is 4.34 Å². The minimum absolute atomic E-state index is 0.196. The smallest absolute Gasteiger partial charge is 0.209 e. The van der Waals surface area contributed by atoms with E-state index in [-0.39, 0.29) is 12.2 Å². The molecule has 1 saturated heterocycles. The molecule has 6 heterocycles. The molecule has 0 amide bonds. The second-order valence-corrected chi connectivity index (χ2v) is 10.3. The molecule has 2 unspecified atom stereocenters. The van der Waals surface area contributed by atoms with E-state index in [2.05, 4.69) is 41.6 Å². The van der Waals surface area contributed by atoms with Crippen molar-refractivity contribution < 1.29 is 9.21 Å². The molecule has 2 atom stereocenters. The van der Waals surface area contributed by atoms with Gasteiger partial charge in [-0.25, -0.2) is 4.98 Å². The van der Waals surface area contributed by atoms with Gasteiger partial charge in [-0.2, -0.15) is 0 Å². The largest absolute Gasteiger partial charge is 0.438 e. The molecule has 0 aliphatic carbocycles. The predicted molar refractivity (Wildman–Crippen MR) is 135 cm³/mol. The first-order valence-electron chi connectivity index (χ1n) is 11.4. The fraction of sp³-hybridized carbons (Fsp3) is 0.240. The molecule has 1 fully saturated rings. The van der Waals surface area contributed by atoms with Crippen LogP contribution in [0.4, 0.5) is 0 Å². The third-order valence-corrected chi connectivity index (χ3v) is 7.65. The summed E-state index contributed by atoms with van der Waals surface area (Å²) in [6.07, 6.45) is 10.4. The number of hydrogen-bond acceptors (Lipinski definition) is 7. The molecule has 178 valence electrons. The zero-order valence-electron chi connectivity index (χ0n) is 18.8. The highest BCUT2D eigenvalue weighted by atomic mass is 35.5. The Balaban J connectivity index is 1.24. The van der Waals surface area contributed by atoms with Gasteiger partial charge in [-0.05, 0) is 30.3 Å². The highest BCUT2D eigenvalue weighted by molar-refractivity contribution is 7.19. The van der Waals surface area contributed by atoms with Crippen LogP contribution in [0.25, 0.3) is 21.5 Å². The Morgan fingerprint density at radius 1 is 1.20 bits per heavy atom. The Labute approximate surface area is 210 Å². The lowest BCUT2D eigenvalue weighted by atomic mass is 10.1. The molecule has 6 rings (SSSR count). The van der Waals surface area contributed by atoms with Crippen LogP contribution in [0, 0.1) is 0 Å². The lowest BCUT2D eigenvalue weighted by Gasteiger charge is -2.43. The van der Waals surface area contributed by atoms with Gasteiger partial charge in [-0.1, -0.05) is 17.7 Å². The summed E-state index contributed by atoms with van der Waals surface area (Å²) < 4.78 is 8.88. The molecule has 0 radical (unpaired) electrons. The maximum absolute atomic E-state index is 12.3. The van der Waals surface area contributed by atoms with Gasteiger partial charge in [0.15, 0.2) is 5.76 Å². The summed E-state index contributed by atoms with van der Waals surface area (Å²) in [5, 5.41) is 1.12. The Morgan fingerprint density at radius 3 is 2.94 bits per heavy atom. The van der Waals surface area contributed by atoms with E-state index in [1.807, 2.05) is 42.7 Å². The molecule has 10 heteroatoms. The van der Waals surface area contributed by atoms with Gasteiger partial charge in [0.1, 0.15) is 12.5 Å². The summed E-state index contributed by atoms with van der Waals surface area (Å²) in [5.74, 6) is 1.34. The van der Waals surface area contributed by atoms with E-state index in [0.717, 1.165) is 34.3 Å². The van der Waals surface area contributed by atoms with Crippen molar-refractivity contribution in [1.29, 1.82) is 0 Å². The minimum atomic E-state index is -0.308.